The fourth-order valence-corrected chi connectivity index (χ4v) is 2.68. The Balaban J connectivity index is 2.48. The number of nitrogens with one attached hydrogen (secondary N) is 1. The topological polar surface area (TPSA) is 41.6 Å². The maximum atomic E-state index is 11.9. The molecule has 1 aliphatic heterocycles. The van der Waals surface area contributed by atoms with Crippen molar-refractivity contribution in [1.29, 1.82) is 0 Å². The van der Waals surface area contributed by atoms with Crippen LogP contribution in [0.5, 0.6) is 0 Å². The van der Waals surface area contributed by atoms with E-state index in [1.807, 2.05) is 20.8 Å². The fourth-order valence-electron chi connectivity index (χ4n) is 2.68. The highest BCUT2D eigenvalue weighted by Crippen LogP contribution is 2.13. The number of likely N-dealkylation sites (tertiary alicyclic amines) is 1. The second kappa shape index (κ2) is 7.87. The Kier molecular flexibility index (Phi) is 6.80. The van der Waals surface area contributed by atoms with Gasteiger partial charge in [-0.2, -0.15) is 0 Å². The molecule has 0 aromatic rings. The van der Waals surface area contributed by atoms with Crippen molar-refractivity contribution in [3.8, 4) is 0 Å². The number of hydrogen-bond acceptors (Lipinski definition) is 3. The van der Waals surface area contributed by atoms with Gasteiger partial charge in [0.15, 0.2) is 0 Å². The number of rotatable bonds is 5. The average molecular weight is 284 g/mol. The molecule has 1 fully saturated rings. The quantitative estimate of drug-likeness (QED) is 0.841. The van der Waals surface area contributed by atoms with Crippen LogP contribution in [0, 0.1) is 5.92 Å². The molecule has 0 spiro atoms. The smallest absolute Gasteiger partial charge is 0.407 e. The summed E-state index contributed by atoms with van der Waals surface area (Å²) in [6, 6.07) is 0.183. The average Bonchev–Trinajstić information content (AvgIpc) is 2.26. The lowest BCUT2D eigenvalue weighted by Gasteiger charge is -2.32. The second-order valence-electron chi connectivity index (χ2n) is 7.33. The molecule has 0 aliphatic carbocycles. The number of carbonyl (C=O) groups is 1. The van der Waals surface area contributed by atoms with Crippen LogP contribution < -0.4 is 5.32 Å². The lowest BCUT2D eigenvalue weighted by atomic mass is 10.0. The first-order valence-corrected chi connectivity index (χ1v) is 7.98. The Morgan fingerprint density at radius 2 is 1.80 bits per heavy atom. The van der Waals surface area contributed by atoms with E-state index in [1.165, 1.54) is 19.3 Å². The van der Waals surface area contributed by atoms with Crippen molar-refractivity contribution < 1.29 is 9.53 Å². The molecule has 1 atom stereocenters. The first-order chi connectivity index (χ1) is 9.26. The standard InChI is InChI=1S/C16H32N2O2/c1-13(2)11-14(12-18-9-7-6-8-10-18)17-15(19)20-16(3,4)5/h13-14H,6-12H2,1-5H3,(H,17,19)/t14-/m0/s1. The Bertz CT molecular complexity index is 291. The minimum absolute atomic E-state index is 0.183. The Hall–Kier alpha value is -0.770. The SMILES string of the molecule is CC(C)C[C@@H](CN1CCCCC1)NC(=O)OC(C)(C)C. The van der Waals surface area contributed by atoms with E-state index in [0.29, 0.717) is 5.92 Å². The zero-order valence-electron chi connectivity index (χ0n) is 13.9. The van der Waals surface area contributed by atoms with Gasteiger partial charge in [0.1, 0.15) is 5.60 Å². The summed E-state index contributed by atoms with van der Waals surface area (Å²) >= 11 is 0. The molecule has 0 radical (unpaired) electrons. The molecule has 0 unspecified atom stereocenters. The zero-order chi connectivity index (χ0) is 15.2. The molecule has 20 heavy (non-hydrogen) atoms. The molecule has 0 saturated carbocycles. The van der Waals surface area contributed by atoms with Gasteiger partial charge in [0.25, 0.3) is 0 Å². The van der Waals surface area contributed by atoms with E-state index in [1.54, 1.807) is 0 Å². The summed E-state index contributed by atoms with van der Waals surface area (Å²) in [5.74, 6) is 0.569. The van der Waals surface area contributed by atoms with Crippen LogP contribution in [-0.2, 0) is 4.74 Å². The highest BCUT2D eigenvalue weighted by molar-refractivity contribution is 5.68. The Labute approximate surface area is 124 Å². The van der Waals surface area contributed by atoms with Gasteiger partial charge in [-0.1, -0.05) is 20.3 Å². The van der Waals surface area contributed by atoms with Crippen molar-refractivity contribution in [2.45, 2.75) is 71.9 Å². The zero-order valence-corrected chi connectivity index (χ0v) is 13.9. The summed E-state index contributed by atoms with van der Waals surface area (Å²) < 4.78 is 5.37. The maximum absolute atomic E-state index is 11.9. The highest BCUT2D eigenvalue weighted by Gasteiger charge is 2.22. The molecule has 1 amide bonds. The van der Waals surface area contributed by atoms with E-state index >= 15 is 0 Å². The summed E-state index contributed by atoms with van der Waals surface area (Å²) in [6.45, 7) is 13.3. The molecule has 118 valence electrons. The number of hydrogen-bond donors (Lipinski definition) is 1. The summed E-state index contributed by atoms with van der Waals surface area (Å²) in [6.07, 6.45) is 4.60. The number of amides is 1. The predicted molar refractivity (Wildman–Crippen MR) is 82.9 cm³/mol. The van der Waals surface area contributed by atoms with Crippen molar-refractivity contribution in [1.82, 2.24) is 10.2 Å². The van der Waals surface area contributed by atoms with Crippen LogP contribution in [0.1, 0.15) is 60.3 Å². The molecular weight excluding hydrogens is 252 g/mol. The number of alkyl carbamates (subject to hydrolysis) is 1. The molecule has 1 heterocycles. The minimum atomic E-state index is -0.433. The van der Waals surface area contributed by atoms with Crippen LogP contribution in [0.4, 0.5) is 4.79 Å². The second-order valence-corrected chi connectivity index (χ2v) is 7.33. The minimum Gasteiger partial charge on any atom is -0.444 e. The predicted octanol–water partition coefficient (Wildman–Crippen LogP) is 3.41. The normalized spacial score (nSPS) is 18.9. The number of ether oxygens (including phenoxy) is 1. The summed E-state index contributed by atoms with van der Waals surface area (Å²) in [5, 5.41) is 3.05. The number of nitrogens with zero attached hydrogens (tertiary/aromatic N) is 1. The molecule has 0 aromatic heterocycles. The molecule has 0 aromatic carbocycles. The molecule has 0 bridgehead atoms. The molecule has 4 nitrogen and oxygen atoms in total. The third kappa shape index (κ3) is 7.73. The monoisotopic (exact) mass is 284 g/mol. The van der Waals surface area contributed by atoms with Crippen LogP contribution >= 0.6 is 0 Å². The van der Waals surface area contributed by atoms with Crippen LogP contribution in [0.2, 0.25) is 0 Å². The van der Waals surface area contributed by atoms with Crippen LogP contribution in [0.3, 0.4) is 0 Å². The molecule has 1 saturated heterocycles. The van der Waals surface area contributed by atoms with Crippen molar-refractivity contribution in [3.05, 3.63) is 0 Å². The summed E-state index contributed by atoms with van der Waals surface area (Å²) in [7, 11) is 0. The first-order valence-electron chi connectivity index (χ1n) is 7.98. The Morgan fingerprint density at radius 1 is 1.20 bits per heavy atom. The number of carbonyl (C=O) groups excluding carboxylic acids is 1. The van der Waals surface area contributed by atoms with Crippen LogP contribution in [0.15, 0.2) is 0 Å². The van der Waals surface area contributed by atoms with Crippen molar-refractivity contribution in [3.63, 3.8) is 0 Å². The highest BCUT2D eigenvalue weighted by atomic mass is 16.6. The van der Waals surface area contributed by atoms with E-state index in [0.717, 1.165) is 26.1 Å². The van der Waals surface area contributed by atoms with E-state index in [4.69, 9.17) is 4.74 Å². The van der Waals surface area contributed by atoms with Gasteiger partial charge in [0, 0.05) is 12.6 Å². The van der Waals surface area contributed by atoms with E-state index < -0.39 is 5.60 Å². The van der Waals surface area contributed by atoms with Crippen LogP contribution in [-0.4, -0.2) is 42.3 Å². The van der Waals surface area contributed by atoms with Gasteiger partial charge >= 0.3 is 6.09 Å². The van der Waals surface area contributed by atoms with Gasteiger partial charge < -0.3 is 15.0 Å². The largest absolute Gasteiger partial charge is 0.444 e. The van der Waals surface area contributed by atoms with Gasteiger partial charge in [-0.15, -0.1) is 0 Å². The number of piperidine rings is 1. The first kappa shape index (κ1) is 17.3. The third-order valence-corrected chi connectivity index (χ3v) is 3.40. The summed E-state index contributed by atoms with van der Waals surface area (Å²) in [5.41, 5.74) is -0.433. The molecule has 1 N–H and O–H groups in total. The molecular formula is C16H32N2O2. The molecule has 4 heteroatoms. The van der Waals surface area contributed by atoms with Gasteiger partial charge in [-0.05, 0) is 59.0 Å². The van der Waals surface area contributed by atoms with Crippen LogP contribution in [0.25, 0.3) is 0 Å². The third-order valence-electron chi connectivity index (χ3n) is 3.40. The van der Waals surface area contributed by atoms with Crippen molar-refractivity contribution in [2.75, 3.05) is 19.6 Å². The maximum Gasteiger partial charge on any atom is 0.407 e. The Morgan fingerprint density at radius 3 is 2.30 bits per heavy atom. The van der Waals surface area contributed by atoms with Crippen molar-refractivity contribution in [2.24, 2.45) is 5.92 Å². The fraction of sp³-hybridized carbons (Fsp3) is 0.938. The van der Waals surface area contributed by atoms with E-state index in [2.05, 4.69) is 24.1 Å². The lowest BCUT2D eigenvalue weighted by molar-refractivity contribution is 0.0481. The molecule has 1 aliphatic rings. The van der Waals surface area contributed by atoms with Gasteiger partial charge in [0.2, 0.25) is 0 Å². The van der Waals surface area contributed by atoms with Crippen molar-refractivity contribution >= 4 is 6.09 Å². The van der Waals surface area contributed by atoms with Gasteiger partial charge in [0.05, 0.1) is 0 Å². The summed E-state index contributed by atoms with van der Waals surface area (Å²) in [4.78, 5) is 14.4. The lowest BCUT2D eigenvalue weighted by Crippen LogP contribution is -2.47. The molecule has 1 rings (SSSR count). The van der Waals surface area contributed by atoms with Gasteiger partial charge in [-0.25, -0.2) is 4.79 Å². The van der Waals surface area contributed by atoms with E-state index in [9.17, 15) is 4.79 Å². The van der Waals surface area contributed by atoms with E-state index in [-0.39, 0.29) is 12.1 Å². The van der Waals surface area contributed by atoms with Gasteiger partial charge in [-0.3, -0.25) is 0 Å².